The van der Waals surface area contributed by atoms with Gasteiger partial charge in [0.15, 0.2) is 11.2 Å². The minimum Gasteiger partial charge on any atom is -0.479 e. The number of hydrogen-bond donors (Lipinski definition) is 2. The van der Waals surface area contributed by atoms with Crippen LogP contribution in [0.4, 0.5) is 10.8 Å². The van der Waals surface area contributed by atoms with E-state index in [4.69, 9.17) is 27.9 Å². The van der Waals surface area contributed by atoms with E-state index in [0.29, 0.717) is 35.5 Å². The molecule has 0 radical (unpaired) electrons. The molecule has 1 saturated heterocycles. The van der Waals surface area contributed by atoms with Crippen molar-refractivity contribution < 1.29 is 28.8 Å². The van der Waals surface area contributed by atoms with Crippen molar-refractivity contribution in [1.82, 2.24) is 9.88 Å². The summed E-state index contributed by atoms with van der Waals surface area (Å²) < 4.78 is 33.4. The van der Waals surface area contributed by atoms with E-state index in [1.807, 2.05) is 4.90 Å². The van der Waals surface area contributed by atoms with E-state index < -0.39 is 22.2 Å². The van der Waals surface area contributed by atoms with Gasteiger partial charge >= 0.3 is 0 Å². The Morgan fingerprint density at radius 1 is 1.28 bits per heavy atom. The first-order valence-corrected chi connectivity index (χ1v) is 14.1. The van der Waals surface area contributed by atoms with Gasteiger partial charge in [0.25, 0.3) is 15.9 Å². The summed E-state index contributed by atoms with van der Waals surface area (Å²) in [6.07, 6.45) is 0.684. The fourth-order valence-corrected chi connectivity index (χ4v) is 5.99. The average Bonchev–Trinajstić information content (AvgIpc) is 3.38. The third kappa shape index (κ3) is 5.87. The number of anilines is 2. The number of hydrogen-bond acceptors (Lipinski definition) is 8. The molecule has 1 amide bonds. The van der Waals surface area contributed by atoms with Crippen molar-refractivity contribution in [1.29, 1.82) is 0 Å². The molecule has 0 spiro atoms. The molecule has 1 aliphatic heterocycles. The number of nitrogens with one attached hydrogen (secondary N) is 1. The average molecular weight is 580 g/mol. The molecule has 2 heterocycles. The Morgan fingerprint density at radius 3 is 2.69 bits per heavy atom. The van der Waals surface area contributed by atoms with Crippen molar-refractivity contribution in [3.8, 4) is 5.75 Å². The summed E-state index contributed by atoms with van der Waals surface area (Å²) in [6.45, 7) is 2.61. The number of sulfonamides is 1. The number of piperazine rings is 1. The van der Waals surface area contributed by atoms with Crippen molar-refractivity contribution in [2.24, 2.45) is 0 Å². The maximum atomic E-state index is 13.1. The van der Waals surface area contributed by atoms with Crippen molar-refractivity contribution in [3.05, 3.63) is 64.1 Å². The molecule has 2 atom stereocenters. The number of ether oxygens (including phenoxy) is 1. The molecule has 3 aromatic rings. The normalized spacial score (nSPS) is 17.1. The second kappa shape index (κ2) is 11.2. The lowest BCUT2D eigenvalue weighted by molar-refractivity contribution is -0.141. The minimum atomic E-state index is -3.75. The van der Waals surface area contributed by atoms with Gasteiger partial charge in [0.1, 0.15) is 10.8 Å². The van der Waals surface area contributed by atoms with Gasteiger partial charge < -0.3 is 19.6 Å². The number of thiazole rings is 1. The van der Waals surface area contributed by atoms with Gasteiger partial charge in [-0.2, -0.15) is 0 Å². The second-order valence-electron chi connectivity index (χ2n) is 8.06. The molecule has 200 valence electrons. The van der Waals surface area contributed by atoms with Crippen LogP contribution in [0.25, 0.3) is 0 Å². The summed E-state index contributed by atoms with van der Waals surface area (Å²) in [5.41, 5.74) is 0.781. The van der Waals surface area contributed by atoms with E-state index >= 15 is 0 Å². The summed E-state index contributed by atoms with van der Waals surface area (Å²) >= 11 is 13.4. The lowest BCUT2D eigenvalue weighted by Crippen LogP contribution is -2.59. The predicted octanol–water partition coefficient (Wildman–Crippen LogP) is 4.71. The highest BCUT2D eigenvalue weighted by molar-refractivity contribution is 7.93. The smallest absolute Gasteiger partial charge is 0.263 e. The van der Waals surface area contributed by atoms with E-state index in [0.717, 1.165) is 5.69 Å². The molecule has 9 nitrogen and oxygen atoms in total. The molecule has 0 unspecified atom stereocenters. The molecule has 13 heteroatoms. The number of aliphatic hydroxyl groups excluding tert-OH is 1. The van der Waals surface area contributed by atoms with Crippen LogP contribution in [-0.2, 0) is 14.8 Å². The zero-order valence-corrected chi connectivity index (χ0v) is 22.3. The number of nitrogens with zero attached hydrogens (tertiary/aromatic N) is 3. The fourth-order valence-electron chi connectivity index (χ4n) is 3.87. The van der Waals surface area contributed by atoms with Gasteiger partial charge in [-0.1, -0.05) is 29.3 Å². The van der Waals surface area contributed by atoms with Crippen LogP contribution in [0.15, 0.2) is 58.9 Å². The van der Waals surface area contributed by atoms with Crippen LogP contribution in [0.1, 0.15) is 12.6 Å². The Hall–Kier alpha value is -2.57. The molecule has 1 aliphatic rings. The molecule has 1 aromatic heterocycles. The fraction of sp³-hybridized carbons (Fsp3) is 0.304. The van der Waals surface area contributed by atoms with Crippen LogP contribution in [0.2, 0.25) is 10.0 Å². The third-order valence-electron chi connectivity index (χ3n) is 5.71. The summed E-state index contributed by atoms with van der Waals surface area (Å²) in [5, 5.41) is 12.5. The first-order chi connectivity index (χ1) is 17.2. The summed E-state index contributed by atoms with van der Waals surface area (Å²) in [4.78, 5) is 20.8. The Kier molecular flexibility index (Phi) is 8.26. The number of aliphatic hydroxyl groups is 1. The number of rotatable bonds is 8. The minimum absolute atomic E-state index is 0. The van der Waals surface area contributed by atoms with E-state index in [1.54, 1.807) is 47.5 Å². The Labute approximate surface area is 229 Å². The molecule has 2 N–H and O–H groups in total. The highest BCUT2D eigenvalue weighted by Crippen LogP contribution is 2.32. The largest absolute Gasteiger partial charge is 0.479 e. The van der Waals surface area contributed by atoms with Crippen molar-refractivity contribution in [2.45, 2.75) is 24.0 Å². The molecule has 4 rings (SSSR count). The van der Waals surface area contributed by atoms with Gasteiger partial charge in [-0.15, -0.1) is 11.3 Å². The van der Waals surface area contributed by atoms with Gasteiger partial charge in [-0.3, -0.25) is 9.52 Å². The highest BCUT2D eigenvalue weighted by atomic mass is 35.5. The third-order valence-corrected chi connectivity index (χ3v) is 8.68. The van der Waals surface area contributed by atoms with Crippen LogP contribution < -0.4 is 14.4 Å². The van der Waals surface area contributed by atoms with E-state index in [1.165, 1.54) is 29.7 Å². The van der Waals surface area contributed by atoms with Crippen LogP contribution in [-0.4, -0.2) is 67.7 Å². The maximum Gasteiger partial charge on any atom is 0.263 e. The Balaban J connectivity index is 0.00000380. The van der Waals surface area contributed by atoms with Gasteiger partial charge in [0.2, 0.25) is 0 Å². The SMILES string of the molecule is C[C@@H](Oc1cccc(Cl)c1Cl)C(=O)N1CCN(c2ccc(S(=O)(=O)Nc3nccs3)cc2)C[C@H]1CO.[HH].[HH].[HH].[HH]. The van der Waals surface area contributed by atoms with Crippen LogP contribution in [0.3, 0.4) is 0 Å². The molecular weight excluding hydrogens is 547 g/mol. The molecule has 1 fully saturated rings. The highest BCUT2D eigenvalue weighted by Gasteiger charge is 2.33. The van der Waals surface area contributed by atoms with Crippen molar-refractivity contribution in [3.63, 3.8) is 0 Å². The monoisotopic (exact) mass is 578 g/mol. The van der Waals surface area contributed by atoms with Gasteiger partial charge in [-0.05, 0) is 43.3 Å². The molecule has 2 aromatic carbocycles. The number of benzene rings is 2. The van der Waals surface area contributed by atoms with Crippen LogP contribution >= 0.6 is 34.5 Å². The van der Waals surface area contributed by atoms with Crippen LogP contribution in [0, 0.1) is 0 Å². The summed E-state index contributed by atoms with van der Waals surface area (Å²) in [5.74, 6) is 0.0306. The lowest BCUT2D eigenvalue weighted by atomic mass is 10.1. The van der Waals surface area contributed by atoms with Gasteiger partial charge in [0, 0.05) is 42.6 Å². The predicted molar refractivity (Wildman–Crippen MR) is 149 cm³/mol. The molecule has 0 aliphatic carbocycles. The van der Waals surface area contributed by atoms with Gasteiger partial charge in [0.05, 0.1) is 22.6 Å². The Bertz CT molecular complexity index is 1330. The lowest BCUT2D eigenvalue weighted by Gasteiger charge is -2.42. The summed E-state index contributed by atoms with van der Waals surface area (Å²) in [7, 11) is -3.75. The molecule has 36 heavy (non-hydrogen) atoms. The van der Waals surface area contributed by atoms with E-state index in [-0.39, 0.29) is 28.1 Å². The molecular formula is C23H32Cl2N4O5S2. The number of carbonyl (C=O) groups is 1. The van der Waals surface area contributed by atoms with E-state index in [2.05, 4.69) is 9.71 Å². The maximum absolute atomic E-state index is 13.1. The Morgan fingerprint density at radius 2 is 2.03 bits per heavy atom. The van der Waals surface area contributed by atoms with Gasteiger partial charge in [-0.25, -0.2) is 13.4 Å². The molecule has 0 saturated carbocycles. The summed E-state index contributed by atoms with van der Waals surface area (Å²) in [6, 6.07) is 10.9. The van der Waals surface area contributed by atoms with Crippen molar-refractivity contribution in [2.75, 3.05) is 35.9 Å². The number of amides is 1. The van der Waals surface area contributed by atoms with E-state index in [9.17, 15) is 18.3 Å². The zero-order valence-electron chi connectivity index (χ0n) is 19.2. The number of carbonyl (C=O) groups excluding carboxylic acids is 1. The zero-order chi connectivity index (χ0) is 25.9. The number of halogens is 2. The van der Waals surface area contributed by atoms with Crippen molar-refractivity contribution >= 4 is 61.3 Å². The first kappa shape index (κ1) is 26.5. The molecule has 0 bridgehead atoms. The number of aromatic nitrogens is 1. The standard InChI is InChI=1S/C23H24Cl2N4O5S2.4H2/c1-15(34-20-4-2-3-19(24)21(20)25)22(31)29-11-10-28(13-17(29)14-30)16-5-7-18(8-6-16)36(32,33)27-23-26-9-12-35-23;;;;/h2-9,12,15,17,30H,10-11,13-14H2,1H3,(H,26,27);4*1H/t15-,17+;;;;/m1..../s1. The van der Waals surface area contributed by atoms with Crippen LogP contribution in [0.5, 0.6) is 5.75 Å². The second-order valence-corrected chi connectivity index (χ2v) is 11.4. The quantitative estimate of drug-likeness (QED) is 0.398. The topological polar surface area (TPSA) is 112 Å². The first-order valence-electron chi connectivity index (χ1n) is 11.0.